The molecule has 0 saturated heterocycles. The van der Waals surface area contributed by atoms with Gasteiger partial charge in [-0.25, -0.2) is 4.79 Å². The lowest BCUT2D eigenvalue weighted by atomic mass is 10.1. The molecule has 1 rings (SSSR count). The molecule has 86 valence electrons. The summed E-state index contributed by atoms with van der Waals surface area (Å²) in [4.78, 5) is 22.0. The largest absolute Gasteiger partial charge is 0.478 e. The highest BCUT2D eigenvalue weighted by atomic mass is 16.6. The quantitative estimate of drug-likeness (QED) is 0.575. The van der Waals surface area contributed by atoms with Crippen molar-refractivity contribution >= 4 is 12.3 Å². The van der Waals surface area contributed by atoms with E-state index in [9.17, 15) is 9.59 Å². The zero-order valence-electron chi connectivity index (χ0n) is 9.52. The molecule has 0 saturated carbocycles. The number of carbonyl (C=O) groups excluding carboxylic acids is 2. The number of methoxy groups -OCH3 is 1. The van der Waals surface area contributed by atoms with Crippen LogP contribution in [0.1, 0.15) is 22.8 Å². The van der Waals surface area contributed by atoms with Crippen LogP contribution in [-0.2, 0) is 9.53 Å². The average molecular weight is 222 g/mol. The topological polar surface area (TPSA) is 52.6 Å². The molecule has 4 heteroatoms. The molecule has 0 aliphatic heterocycles. The van der Waals surface area contributed by atoms with E-state index in [2.05, 4.69) is 4.74 Å². The molecule has 0 spiro atoms. The predicted molar refractivity (Wildman–Crippen MR) is 58.7 cm³/mol. The van der Waals surface area contributed by atoms with E-state index >= 15 is 0 Å². The molecule has 0 aliphatic carbocycles. The fraction of sp³-hybridized carbons (Fsp3) is 0.333. The smallest absolute Gasteiger partial charge is 0.346 e. The fourth-order valence-corrected chi connectivity index (χ4v) is 1.32. The number of hydrogen-bond donors (Lipinski definition) is 0. The van der Waals surface area contributed by atoms with E-state index in [0.717, 1.165) is 5.56 Å². The number of hydrogen-bond acceptors (Lipinski definition) is 4. The Morgan fingerprint density at radius 1 is 1.44 bits per heavy atom. The Bertz CT molecular complexity index is 398. The summed E-state index contributed by atoms with van der Waals surface area (Å²) in [6.07, 6.45) is -0.0309. The van der Waals surface area contributed by atoms with E-state index in [1.165, 1.54) is 7.11 Å². The van der Waals surface area contributed by atoms with Gasteiger partial charge in [0.15, 0.2) is 12.4 Å². The van der Waals surface area contributed by atoms with Crippen LogP contribution in [-0.4, -0.2) is 25.5 Å². The minimum absolute atomic E-state index is 0.426. The molecule has 0 aliphatic rings. The maximum Gasteiger partial charge on any atom is 0.346 e. The van der Waals surface area contributed by atoms with Crippen molar-refractivity contribution in [3.05, 3.63) is 29.3 Å². The highest BCUT2D eigenvalue weighted by Crippen LogP contribution is 2.23. The Morgan fingerprint density at radius 2 is 2.12 bits per heavy atom. The van der Waals surface area contributed by atoms with E-state index in [0.29, 0.717) is 17.6 Å². The second-order valence-electron chi connectivity index (χ2n) is 3.39. The zero-order chi connectivity index (χ0) is 12.1. The minimum atomic E-state index is -0.732. The maximum atomic E-state index is 11.2. The van der Waals surface area contributed by atoms with Crippen molar-refractivity contribution in [3.63, 3.8) is 0 Å². The molecular weight excluding hydrogens is 208 g/mol. The third-order valence-electron chi connectivity index (χ3n) is 2.20. The second kappa shape index (κ2) is 5.30. The lowest BCUT2D eigenvalue weighted by molar-refractivity contribution is -0.147. The number of esters is 1. The van der Waals surface area contributed by atoms with Gasteiger partial charge in [-0.05, 0) is 25.5 Å². The van der Waals surface area contributed by atoms with Gasteiger partial charge in [0.2, 0.25) is 0 Å². The van der Waals surface area contributed by atoms with Crippen molar-refractivity contribution in [3.8, 4) is 5.75 Å². The van der Waals surface area contributed by atoms with Gasteiger partial charge in [0.1, 0.15) is 5.75 Å². The Hall–Kier alpha value is -1.84. The van der Waals surface area contributed by atoms with Gasteiger partial charge in [0.25, 0.3) is 0 Å². The molecule has 0 bridgehead atoms. The number of para-hydroxylation sites is 1. The van der Waals surface area contributed by atoms with Gasteiger partial charge in [-0.1, -0.05) is 12.1 Å². The molecular formula is C12H14O4. The van der Waals surface area contributed by atoms with Gasteiger partial charge in [0.05, 0.1) is 12.7 Å². The highest BCUT2D eigenvalue weighted by Gasteiger charge is 2.17. The lowest BCUT2D eigenvalue weighted by Crippen LogP contribution is -2.25. The first kappa shape index (κ1) is 12.2. The molecule has 1 aromatic rings. The van der Waals surface area contributed by atoms with E-state index in [1.54, 1.807) is 19.1 Å². The molecule has 0 fully saturated rings. The van der Waals surface area contributed by atoms with Crippen molar-refractivity contribution < 1.29 is 19.1 Å². The number of rotatable bonds is 4. The molecule has 1 unspecified atom stereocenters. The zero-order valence-corrected chi connectivity index (χ0v) is 9.52. The molecule has 1 aromatic carbocycles. The summed E-state index contributed by atoms with van der Waals surface area (Å²) in [5, 5.41) is 0. The molecule has 0 aromatic heterocycles. The van der Waals surface area contributed by atoms with Crippen LogP contribution in [0.25, 0.3) is 0 Å². The highest BCUT2D eigenvalue weighted by molar-refractivity contribution is 5.81. The first-order valence-electron chi connectivity index (χ1n) is 4.89. The summed E-state index contributed by atoms with van der Waals surface area (Å²) in [5.41, 5.74) is 1.23. The van der Waals surface area contributed by atoms with Crippen molar-refractivity contribution in [1.82, 2.24) is 0 Å². The van der Waals surface area contributed by atoms with Gasteiger partial charge < -0.3 is 9.47 Å². The molecule has 4 nitrogen and oxygen atoms in total. The predicted octanol–water partition coefficient (Wildman–Crippen LogP) is 1.75. The Balaban J connectivity index is 2.96. The van der Waals surface area contributed by atoms with Gasteiger partial charge in [-0.3, -0.25) is 4.79 Å². The van der Waals surface area contributed by atoms with Crippen LogP contribution in [0.15, 0.2) is 18.2 Å². The first-order valence-corrected chi connectivity index (χ1v) is 4.89. The van der Waals surface area contributed by atoms with Crippen molar-refractivity contribution in [1.29, 1.82) is 0 Å². The Kier molecular flexibility index (Phi) is 4.05. The van der Waals surface area contributed by atoms with Gasteiger partial charge >= 0.3 is 5.97 Å². The number of carbonyl (C=O) groups is 2. The molecule has 1 atom stereocenters. The van der Waals surface area contributed by atoms with Crippen molar-refractivity contribution in [2.45, 2.75) is 20.0 Å². The summed E-state index contributed by atoms with van der Waals surface area (Å²) < 4.78 is 9.96. The SMILES string of the molecule is COC(=O)C(C)Oc1c(C)cccc1C=O. The second-order valence-corrected chi connectivity index (χ2v) is 3.39. The number of aldehydes is 1. The van der Waals surface area contributed by atoms with Crippen LogP contribution in [0.5, 0.6) is 5.75 Å². The minimum Gasteiger partial charge on any atom is -0.478 e. The molecule has 0 radical (unpaired) electrons. The summed E-state index contributed by atoms with van der Waals surface area (Å²) in [5.74, 6) is -0.0458. The van der Waals surface area contributed by atoms with Crippen LogP contribution in [0, 0.1) is 6.92 Å². The van der Waals surface area contributed by atoms with Crippen LogP contribution < -0.4 is 4.74 Å². The van der Waals surface area contributed by atoms with Crippen LogP contribution >= 0.6 is 0 Å². The summed E-state index contributed by atoms with van der Waals surface area (Å²) in [6, 6.07) is 5.21. The van der Waals surface area contributed by atoms with Crippen LogP contribution in [0.2, 0.25) is 0 Å². The number of aryl methyl sites for hydroxylation is 1. The lowest BCUT2D eigenvalue weighted by Gasteiger charge is -2.15. The average Bonchev–Trinajstić information content (AvgIpc) is 2.30. The number of benzene rings is 1. The van der Waals surface area contributed by atoms with Crippen molar-refractivity contribution in [2.75, 3.05) is 7.11 Å². The Labute approximate surface area is 94.2 Å². The van der Waals surface area contributed by atoms with E-state index in [-0.39, 0.29) is 0 Å². The van der Waals surface area contributed by atoms with Crippen LogP contribution in [0.3, 0.4) is 0 Å². The molecule has 0 amide bonds. The van der Waals surface area contributed by atoms with E-state index in [4.69, 9.17) is 4.74 Å². The van der Waals surface area contributed by atoms with E-state index in [1.807, 2.05) is 13.0 Å². The van der Waals surface area contributed by atoms with Gasteiger partial charge in [-0.2, -0.15) is 0 Å². The first-order chi connectivity index (χ1) is 7.60. The molecule has 0 N–H and O–H groups in total. The van der Waals surface area contributed by atoms with E-state index < -0.39 is 12.1 Å². The Morgan fingerprint density at radius 3 is 2.69 bits per heavy atom. The van der Waals surface area contributed by atoms with Gasteiger partial charge in [0, 0.05) is 0 Å². The maximum absolute atomic E-state index is 11.2. The third-order valence-corrected chi connectivity index (χ3v) is 2.20. The van der Waals surface area contributed by atoms with Gasteiger partial charge in [-0.15, -0.1) is 0 Å². The normalized spacial score (nSPS) is 11.7. The fourth-order valence-electron chi connectivity index (χ4n) is 1.32. The van der Waals surface area contributed by atoms with Crippen LogP contribution in [0.4, 0.5) is 0 Å². The van der Waals surface area contributed by atoms with Crippen molar-refractivity contribution in [2.24, 2.45) is 0 Å². The summed E-state index contributed by atoms with van der Waals surface area (Å²) >= 11 is 0. The summed E-state index contributed by atoms with van der Waals surface area (Å²) in [7, 11) is 1.29. The third kappa shape index (κ3) is 2.59. The molecule has 16 heavy (non-hydrogen) atoms. The number of ether oxygens (including phenoxy) is 2. The monoisotopic (exact) mass is 222 g/mol. The molecule has 0 heterocycles. The standard InChI is InChI=1S/C12H14O4/c1-8-5-4-6-10(7-13)11(8)16-9(2)12(14)15-3/h4-7,9H,1-3H3. The summed E-state index contributed by atoms with van der Waals surface area (Å²) in [6.45, 7) is 3.39.